The molecule has 0 N–H and O–H groups in total. The zero-order valence-electron chi connectivity index (χ0n) is 14.2. The topological polar surface area (TPSA) is 32.3 Å². The van der Waals surface area contributed by atoms with Crippen LogP contribution in [-0.4, -0.2) is 47.1 Å². The summed E-state index contributed by atoms with van der Waals surface area (Å²) in [5.74, 6) is -0.807. The number of fused-ring (bicyclic) bond motifs is 3. The van der Waals surface area contributed by atoms with Crippen LogP contribution >= 0.6 is 11.6 Å². The van der Waals surface area contributed by atoms with Crippen LogP contribution in [0.25, 0.3) is 10.8 Å². The molecular weight excluding hydrogens is 372 g/mol. The molecule has 4 heterocycles. The van der Waals surface area contributed by atoms with E-state index in [1.165, 1.54) is 13.1 Å². The fourth-order valence-electron chi connectivity index (χ4n) is 4.21. The van der Waals surface area contributed by atoms with E-state index in [9.17, 15) is 17.6 Å². The van der Waals surface area contributed by atoms with Gasteiger partial charge in [-0.05, 0) is 26.8 Å². The summed E-state index contributed by atoms with van der Waals surface area (Å²) < 4.78 is 55.3. The number of aryl methyl sites for hydroxylation is 1. The zero-order valence-corrected chi connectivity index (χ0v) is 15.0. The van der Waals surface area contributed by atoms with Crippen molar-refractivity contribution in [3.05, 3.63) is 28.4 Å². The van der Waals surface area contributed by atoms with Gasteiger partial charge in [0.05, 0.1) is 11.3 Å². The van der Waals surface area contributed by atoms with Crippen LogP contribution in [0.3, 0.4) is 0 Å². The number of anilines is 1. The second-order valence-corrected chi connectivity index (χ2v) is 7.36. The lowest BCUT2D eigenvalue weighted by molar-refractivity contribution is -0.137. The third kappa shape index (κ3) is 2.62. The fourth-order valence-corrected chi connectivity index (χ4v) is 4.35. The first-order valence-electron chi connectivity index (χ1n) is 8.37. The molecule has 0 saturated carbocycles. The Labute approximate surface area is 152 Å². The molecule has 4 rings (SSSR count). The van der Waals surface area contributed by atoms with Crippen molar-refractivity contribution < 1.29 is 17.6 Å². The van der Waals surface area contributed by atoms with E-state index in [0.29, 0.717) is 31.0 Å². The molecule has 2 saturated heterocycles. The highest BCUT2D eigenvalue weighted by molar-refractivity contribution is 6.30. The Bertz CT molecular complexity index is 871. The van der Waals surface area contributed by atoms with Crippen LogP contribution in [0, 0.1) is 12.7 Å². The molecule has 0 radical (unpaired) electrons. The Balaban J connectivity index is 1.94. The van der Waals surface area contributed by atoms with E-state index in [1.54, 1.807) is 0 Å². The molecular formula is C17H17ClF4N4. The van der Waals surface area contributed by atoms with Crippen molar-refractivity contribution in [1.29, 1.82) is 0 Å². The Morgan fingerprint density at radius 3 is 2.38 bits per heavy atom. The molecule has 0 aliphatic carbocycles. The second kappa shape index (κ2) is 5.92. The first-order valence-corrected chi connectivity index (χ1v) is 8.74. The smallest absolute Gasteiger partial charge is 0.353 e. The molecule has 0 spiro atoms. The van der Waals surface area contributed by atoms with Gasteiger partial charge >= 0.3 is 6.18 Å². The molecule has 9 heteroatoms. The van der Waals surface area contributed by atoms with Crippen LogP contribution in [0.2, 0.25) is 5.15 Å². The maximum Gasteiger partial charge on any atom is 0.418 e. The third-order valence-corrected chi connectivity index (χ3v) is 5.80. The number of alkyl halides is 3. The van der Waals surface area contributed by atoms with Crippen molar-refractivity contribution in [2.45, 2.75) is 38.0 Å². The standard InChI is InChI=1S/C17H17ClF4N4/c1-8-13(17(20,21)22)12-11(5-23-15(18)14(12)19)16(24-8)26-6-9-3-4-10(7-26)25(9)2/h5,9-10H,3-4,6-7H2,1-2H3. The molecule has 2 bridgehead atoms. The number of halogens is 5. The van der Waals surface area contributed by atoms with Gasteiger partial charge in [0.1, 0.15) is 5.82 Å². The van der Waals surface area contributed by atoms with E-state index in [2.05, 4.69) is 21.9 Å². The lowest BCUT2D eigenvalue weighted by Gasteiger charge is -2.40. The largest absolute Gasteiger partial charge is 0.418 e. The molecule has 2 unspecified atom stereocenters. The zero-order chi connectivity index (χ0) is 18.8. The second-order valence-electron chi connectivity index (χ2n) is 7.00. The summed E-state index contributed by atoms with van der Waals surface area (Å²) in [6.45, 7) is 2.54. The molecule has 2 aliphatic rings. The number of pyridine rings is 2. The quantitative estimate of drug-likeness (QED) is 0.545. The summed E-state index contributed by atoms with van der Waals surface area (Å²) >= 11 is 5.68. The first-order chi connectivity index (χ1) is 12.2. The molecule has 26 heavy (non-hydrogen) atoms. The van der Waals surface area contributed by atoms with E-state index in [1.807, 2.05) is 4.90 Å². The van der Waals surface area contributed by atoms with Gasteiger partial charge in [0, 0.05) is 42.1 Å². The van der Waals surface area contributed by atoms with Gasteiger partial charge < -0.3 is 4.90 Å². The molecule has 2 aliphatic heterocycles. The average molecular weight is 389 g/mol. The maximum atomic E-state index is 14.6. The van der Waals surface area contributed by atoms with Crippen molar-refractivity contribution in [2.24, 2.45) is 0 Å². The Morgan fingerprint density at radius 2 is 1.81 bits per heavy atom. The average Bonchev–Trinajstić information content (AvgIpc) is 2.78. The van der Waals surface area contributed by atoms with Crippen LogP contribution in [0.15, 0.2) is 6.20 Å². The molecule has 2 aromatic rings. The minimum absolute atomic E-state index is 0.0498. The molecule has 4 nitrogen and oxygen atoms in total. The van der Waals surface area contributed by atoms with E-state index >= 15 is 0 Å². The minimum atomic E-state index is -4.74. The normalized spacial score (nSPS) is 23.9. The molecule has 140 valence electrons. The van der Waals surface area contributed by atoms with Gasteiger partial charge in [0.25, 0.3) is 0 Å². The number of aromatic nitrogens is 2. The molecule has 2 fully saturated rings. The lowest BCUT2D eigenvalue weighted by Crippen LogP contribution is -2.52. The van der Waals surface area contributed by atoms with Crippen molar-refractivity contribution in [1.82, 2.24) is 14.9 Å². The number of hydrogen-bond acceptors (Lipinski definition) is 4. The van der Waals surface area contributed by atoms with Gasteiger partial charge in [-0.1, -0.05) is 11.6 Å². The number of hydrogen-bond donors (Lipinski definition) is 0. The number of likely N-dealkylation sites (N-methyl/N-ethyl adjacent to an activating group) is 1. The van der Waals surface area contributed by atoms with Gasteiger partial charge in [-0.25, -0.2) is 14.4 Å². The Morgan fingerprint density at radius 1 is 1.19 bits per heavy atom. The molecule has 2 atom stereocenters. The summed E-state index contributed by atoms with van der Waals surface area (Å²) in [5.41, 5.74) is -1.34. The van der Waals surface area contributed by atoms with E-state index in [-0.39, 0.29) is 11.1 Å². The summed E-state index contributed by atoms with van der Waals surface area (Å²) in [5, 5.41) is -1.07. The predicted molar refractivity (Wildman–Crippen MR) is 91.0 cm³/mol. The van der Waals surface area contributed by atoms with Crippen LogP contribution in [0.1, 0.15) is 24.1 Å². The highest BCUT2D eigenvalue weighted by Crippen LogP contribution is 2.42. The monoisotopic (exact) mass is 388 g/mol. The van der Waals surface area contributed by atoms with Crippen LogP contribution < -0.4 is 4.90 Å². The Hall–Kier alpha value is -1.67. The summed E-state index contributed by atoms with van der Waals surface area (Å²) in [6, 6.07) is 0.636. The van der Waals surface area contributed by atoms with Gasteiger partial charge in [-0.3, -0.25) is 4.90 Å². The fraction of sp³-hybridized carbons (Fsp3) is 0.529. The first kappa shape index (κ1) is 17.7. The van der Waals surface area contributed by atoms with Gasteiger partial charge in [0.2, 0.25) is 0 Å². The van der Waals surface area contributed by atoms with Crippen molar-refractivity contribution in [3.63, 3.8) is 0 Å². The highest BCUT2D eigenvalue weighted by Gasteiger charge is 2.41. The van der Waals surface area contributed by atoms with Crippen LogP contribution in [-0.2, 0) is 6.18 Å². The Kier molecular flexibility index (Phi) is 4.04. The number of rotatable bonds is 1. The van der Waals surface area contributed by atoms with Crippen LogP contribution in [0.5, 0.6) is 0 Å². The van der Waals surface area contributed by atoms with Crippen molar-refractivity contribution >= 4 is 28.2 Å². The third-order valence-electron chi connectivity index (χ3n) is 5.53. The van der Waals surface area contributed by atoms with Crippen LogP contribution in [0.4, 0.5) is 23.4 Å². The number of piperazine rings is 1. The molecule has 0 amide bonds. The van der Waals surface area contributed by atoms with E-state index in [0.717, 1.165) is 12.8 Å². The van der Waals surface area contributed by atoms with Crippen molar-refractivity contribution in [2.75, 3.05) is 25.0 Å². The predicted octanol–water partition coefficient (Wildman–Crippen LogP) is 4.03. The van der Waals surface area contributed by atoms with E-state index < -0.39 is 28.1 Å². The summed E-state index contributed by atoms with van der Waals surface area (Å²) in [6.07, 6.45) is -1.47. The number of nitrogens with zero attached hydrogens (tertiary/aromatic N) is 4. The molecule has 2 aromatic heterocycles. The summed E-state index contributed by atoms with van der Waals surface area (Å²) in [4.78, 5) is 12.2. The van der Waals surface area contributed by atoms with E-state index in [4.69, 9.17) is 11.6 Å². The molecule has 0 aromatic carbocycles. The van der Waals surface area contributed by atoms with Crippen molar-refractivity contribution in [3.8, 4) is 0 Å². The van der Waals surface area contributed by atoms with Gasteiger partial charge in [0.15, 0.2) is 11.0 Å². The van der Waals surface area contributed by atoms with Gasteiger partial charge in [-0.15, -0.1) is 0 Å². The minimum Gasteiger partial charge on any atom is -0.353 e. The maximum absolute atomic E-state index is 14.6. The lowest BCUT2D eigenvalue weighted by atomic mass is 10.0. The SMILES string of the molecule is Cc1nc(N2CC3CCC(C2)N3C)c2cnc(Cl)c(F)c2c1C(F)(F)F. The highest BCUT2D eigenvalue weighted by atomic mass is 35.5. The van der Waals surface area contributed by atoms with Gasteiger partial charge in [-0.2, -0.15) is 13.2 Å². The summed E-state index contributed by atoms with van der Waals surface area (Å²) in [7, 11) is 2.06.